The largest absolute Gasteiger partial charge is 0.356 e. The average Bonchev–Trinajstić information content (AvgIpc) is 2.51. The molecule has 2 aromatic rings. The molecule has 6 heteroatoms. The van der Waals surface area contributed by atoms with Crippen LogP contribution >= 0.6 is 11.6 Å². The third-order valence-corrected chi connectivity index (χ3v) is 4.03. The van der Waals surface area contributed by atoms with Crippen LogP contribution in [0.2, 0.25) is 5.15 Å². The highest BCUT2D eigenvalue weighted by molar-refractivity contribution is 6.29. The van der Waals surface area contributed by atoms with Gasteiger partial charge in [0.05, 0.1) is 0 Å². The Morgan fingerprint density at radius 1 is 1.09 bits per heavy atom. The van der Waals surface area contributed by atoms with Crippen LogP contribution in [0.25, 0.3) is 6.08 Å². The number of benzene rings is 1. The van der Waals surface area contributed by atoms with Gasteiger partial charge in [-0.15, -0.1) is 0 Å². The van der Waals surface area contributed by atoms with Crippen LogP contribution in [0.15, 0.2) is 29.8 Å². The fourth-order valence-electron chi connectivity index (χ4n) is 2.68. The van der Waals surface area contributed by atoms with E-state index < -0.39 is 11.6 Å². The Morgan fingerprint density at radius 3 is 2.48 bits per heavy atom. The van der Waals surface area contributed by atoms with Crippen molar-refractivity contribution in [2.24, 2.45) is 0 Å². The summed E-state index contributed by atoms with van der Waals surface area (Å²) in [7, 11) is 0. The summed E-state index contributed by atoms with van der Waals surface area (Å²) in [5.41, 5.74) is 1.90. The van der Waals surface area contributed by atoms with Crippen LogP contribution in [0.1, 0.15) is 24.2 Å². The Hall–Kier alpha value is -2.01. The van der Waals surface area contributed by atoms with E-state index in [1.807, 2.05) is 13.0 Å². The lowest BCUT2D eigenvalue weighted by Crippen LogP contribution is -2.31. The van der Waals surface area contributed by atoms with Crippen molar-refractivity contribution in [1.82, 2.24) is 9.97 Å². The van der Waals surface area contributed by atoms with Gasteiger partial charge in [-0.05, 0) is 37.5 Å². The highest BCUT2D eigenvalue weighted by atomic mass is 35.5. The van der Waals surface area contributed by atoms with E-state index >= 15 is 0 Å². The highest BCUT2D eigenvalue weighted by Gasteiger charge is 2.16. The Balaban J connectivity index is 1.70. The molecular weight excluding hydrogens is 320 g/mol. The van der Waals surface area contributed by atoms with E-state index in [-0.39, 0.29) is 0 Å². The fourth-order valence-corrected chi connectivity index (χ4v) is 2.90. The maximum Gasteiger partial charge on any atom is 0.159 e. The molecule has 1 aromatic heterocycles. The van der Waals surface area contributed by atoms with Gasteiger partial charge in [0.15, 0.2) is 11.6 Å². The lowest BCUT2D eigenvalue weighted by Gasteiger charge is -2.29. The molecule has 0 saturated carbocycles. The van der Waals surface area contributed by atoms with Gasteiger partial charge in [0.2, 0.25) is 0 Å². The van der Waals surface area contributed by atoms with Gasteiger partial charge in [-0.3, -0.25) is 0 Å². The molecular formula is C17H16ClF2N3. The summed E-state index contributed by atoms with van der Waals surface area (Å²) in [6.07, 6.45) is 3.62. The Labute approximate surface area is 138 Å². The second-order valence-electron chi connectivity index (χ2n) is 5.56. The molecule has 1 saturated heterocycles. The van der Waals surface area contributed by atoms with Crippen molar-refractivity contribution in [1.29, 1.82) is 0 Å². The molecule has 0 aliphatic carbocycles. The lowest BCUT2D eigenvalue weighted by atomic mass is 10.0. The van der Waals surface area contributed by atoms with Crippen molar-refractivity contribution in [3.8, 4) is 0 Å². The molecule has 0 atom stereocenters. The van der Waals surface area contributed by atoms with Crippen molar-refractivity contribution in [2.45, 2.75) is 19.8 Å². The number of anilines is 1. The van der Waals surface area contributed by atoms with Crippen molar-refractivity contribution in [2.75, 3.05) is 18.0 Å². The first-order chi connectivity index (χ1) is 11.0. The minimum Gasteiger partial charge on any atom is -0.356 e. The smallest absolute Gasteiger partial charge is 0.159 e. The monoisotopic (exact) mass is 335 g/mol. The molecule has 0 N–H and O–H groups in total. The van der Waals surface area contributed by atoms with Crippen molar-refractivity contribution < 1.29 is 8.78 Å². The van der Waals surface area contributed by atoms with Gasteiger partial charge in [-0.25, -0.2) is 18.7 Å². The molecule has 23 heavy (non-hydrogen) atoms. The third-order valence-electron chi connectivity index (χ3n) is 3.84. The first kappa shape index (κ1) is 15.9. The molecule has 120 valence electrons. The molecule has 0 spiro atoms. The number of nitrogens with zero attached hydrogens (tertiary/aromatic N) is 3. The molecule has 0 amide bonds. The summed E-state index contributed by atoms with van der Waals surface area (Å²) in [4.78, 5) is 10.6. The van der Waals surface area contributed by atoms with Crippen LogP contribution < -0.4 is 4.90 Å². The van der Waals surface area contributed by atoms with Crippen molar-refractivity contribution >= 4 is 23.5 Å². The van der Waals surface area contributed by atoms with Crippen LogP contribution in [0.3, 0.4) is 0 Å². The van der Waals surface area contributed by atoms with Gasteiger partial charge in [-0.1, -0.05) is 29.3 Å². The van der Waals surface area contributed by atoms with E-state index in [9.17, 15) is 8.78 Å². The van der Waals surface area contributed by atoms with Crippen molar-refractivity contribution in [3.63, 3.8) is 0 Å². The molecule has 3 nitrogen and oxygen atoms in total. The summed E-state index contributed by atoms with van der Waals surface area (Å²) in [6, 6.07) is 5.73. The molecule has 1 aliphatic rings. The maximum absolute atomic E-state index is 13.3. The van der Waals surface area contributed by atoms with E-state index in [1.165, 1.54) is 11.6 Å². The molecule has 2 heterocycles. The number of aromatic nitrogens is 2. The zero-order valence-corrected chi connectivity index (χ0v) is 13.4. The van der Waals surface area contributed by atoms with Gasteiger partial charge in [0.25, 0.3) is 0 Å². The van der Waals surface area contributed by atoms with Gasteiger partial charge in [-0.2, -0.15) is 0 Å². The lowest BCUT2D eigenvalue weighted by molar-refractivity contribution is 0.508. The Kier molecular flexibility index (Phi) is 4.57. The van der Waals surface area contributed by atoms with E-state index in [4.69, 9.17) is 11.6 Å². The van der Waals surface area contributed by atoms with Crippen LogP contribution in [-0.2, 0) is 0 Å². The number of aryl methyl sites for hydroxylation is 1. The third kappa shape index (κ3) is 3.85. The Morgan fingerprint density at radius 2 is 1.83 bits per heavy atom. The van der Waals surface area contributed by atoms with Gasteiger partial charge >= 0.3 is 0 Å². The first-order valence-corrected chi connectivity index (χ1v) is 7.80. The summed E-state index contributed by atoms with van der Waals surface area (Å²) in [5.74, 6) is -0.161. The topological polar surface area (TPSA) is 29.0 Å². The van der Waals surface area contributed by atoms with E-state index in [1.54, 1.807) is 12.1 Å². The number of hydrogen-bond acceptors (Lipinski definition) is 3. The standard InChI is InChI=1S/C17H16ClF2N3/c1-11-21-16(18)10-17(22-11)23-6-4-12(5-7-23)8-13-2-3-14(19)15(20)9-13/h2-3,8-10H,4-7H2,1H3. The average molecular weight is 336 g/mol. The molecule has 0 unspecified atom stereocenters. The summed E-state index contributed by atoms with van der Waals surface area (Å²) in [6.45, 7) is 3.43. The second-order valence-corrected chi connectivity index (χ2v) is 5.95. The quantitative estimate of drug-likeness (QED) is 0.762. The number of rotatable bonds is 2. The van der Waals surface area contributed by atoms with Crippen LogP contribution in [0, 0.1) is 18.6 Å². The van der Waals surface area contributed by atoms with Crippen LogP contribution in [0.4, 0.5) is 14.6 Å². The summed E-state index contributed by atoms with van der Waals surface area (Å²) in [5, 5.41) is 0.440. The number of piperidine rings is 1. The van der Waals surface area contributed by atoms with E-state index in [0.717, 1.165) is 37.8 Å². The number of halogens is 3. The normalized spacial score (nSPS) is 15.0. The molecule has 0 radical (unpaired) electrons. The van der Waals surface area contributed by atoms with E-state index in [0.29, 0.717) is 16.5 Å². The molecule has 3 rings (SSSR count). The van der Waals surface area contributed by atoms with E-state index in [2.05, 4.69) is 14.9 Å². The SMILES string of the molecule is Cc1nc(Cl)cc(N2CCC(=Cc3ccc(F)c(F)c3)CC2)n1. The first-order valence-electron chi connectivity index (χ1n) is 7.42. The van der Waals surface area contributed by atoms with Crippen LogP contribution in [0.5, 0.6) is 0 Å². The Bertz CT molecular complexity index is 731. The number of hydrogen-bond donors (Lipinski definition) is 0. The highest BCUT2D eigenvalue weighted by Crippen LogP contribution is 2.25. The fraction of sp³-hybridized carbons (Fsp3) is 0.294. The predicted octanol–water partition coefficient (Wildman–Crippen LogP) is 4.40. The second kappa shape index (κ2) is 6.62. The minimum absolute atomic E-state index is 0.440. The molecule has 1 aliphatic heterocycles. The predicted molar refractivity (Wildman–Crippen MR) is 87.6 cm³/mol. The van der Waals surface area contributed by atoms with Crippen molar-refractivity contribution in [3.05, 3.63) is 58.0 Å². The summed E-state index contributed by atoms with van der Waals surface area (Å²) < 4.78 is 26.2. The zero-order valence-electron chi connectivity index (χ0n) is 12.7. The summed E-state index contributed by atoms with van der Waals surface area (Å²) >= 11 is 5.98. The zero-order chi connectivity index (χ0) is 16.4. The molecule has 1 aromatic carbocycles. The van der Waals surface area contributed by atoms with Gasteiger partial charge < -0.3 is 4.90 Å². The maximum atomic E-state index is 13.3. The van der Waals surface area contributed by atoms with Gasteiger partial charge in [0, 0.05) is 19.2 Å². The minimum atomic E-state index is -0.821. The molecule has 0 bridgehead atoms. The van der Waals surface area contributed by atoms with Gasteiger partial charge in [0.1, 0.15) is 16.8 Å². The molecule has 1 fully saturated rings. The van der Waals surface area contributed by atoms with Crippen LogP contribution in [-0.4, -0.2) is 23.1 Å².